The fourth-order valence-electron chi connectivity index (χ4n) is 4.44. The van der Waals surface area contributed by atoms with Crippen molar-refractivity contribution >= 4 is 43.6 Å². The Balaban J connectivity index is 1.65. The molecular formula is C26H26F4N2O4S3. The van der Waals surface area contributed by atoms with Crippen LogP contribution in [0.25, 0.3) is 0 Å². The molecule has 3 atom stereocenters. The van der Waals surface area contributed by atoms with E-state index in [-0.39, 0.29) is 45.6 Å². The summed E-state index contributed by atoms with van der Waals surface area (Å²) in [6.07, 6.45) is 0.250. The number of benzene rings is 2. The Labute approximate surface area is 232 Å². The zero-order valence-corrected chi connectivity index (χ0v) is 23.2. The normalized spacial score (nSPS) is 21.4. The SMILES string of the molecule is C[C@@](O)(c1ccc(N2CCN(S(=O)(=O)C3=CC=CCC3=S)C[C@@H]2C[S@@](=O)c2cccc(F)c2)cc1)C(F)(F)F. The summed E-state index contributed by atoms with van der Waals surface area (Å²) in [6, 6.07) is 9.74. The minimum Gasteiger partial charge on any atom is -0.376 e. The quantitative estimate of drug-likeness (QED) is 0.373. The first kappa shape index (κ1) is 29.5. The molecule has 0 radical (unpaired) electrons. The number of rotatable bonds is 7. The van der Waals surface area contributed by atoms with Crippen LogP contribution in [0.15, 0.2) is 76.6 Å². The van der Waals surface area contributed by atoms with Crippen LogP contribution in [-0.4, -0.2) is 64.5 Å². The molecule has 2 aromatic rings. The van der Waals surface area contributed by atoms with Crippen molar-refractivity contribution in [3.8, 4) is 0 Å². The van der Waals surface area contributed by atoms with Crippen molar-refractivity contribution in [1.29, 1.82) is 0 Å². The average Bonchev–Trinajstić information content (AvgIpc) is 2.88. The van der Waals surface area contributed by atoms with Crippen LogP contribution in [0.5, 0.6) is 0 Å². The molecule has 2 aliphatic rings. The fourth-order valence-corrected chi connectivity index (χ4v) is 7.81. The van der Waals surface area contributed by atoms with E-state index >= 15 is 0 Å². The zero-order chi connectivity index (χ0) is 28.6. The lowest BCUT2D eigenvalue weighted by Gasteiger charge is -2.42. The van der Waals surface area contributed by atoms with Crippen LogP contribution in [0.2, 0.25) is 0 Å². The minimum atomic E-state index is -4.89. The van der Waals surface area contributed by atoms with Gasteiger partial charge in [0.15, 0.2) is 5.60 Å². The average molecular weight is 603 g/mol. The van der Waals surface area contributed by atoms with Crippen molar-refractivity contribution in [2.75, 3.05) is 30.3 Å². The zero-order valence-electron chi connectivity index (χ0n) is 20.8. The molecule has 1 aliphatic heterocycles. The first-order valence-corrected chi connectivity index (χ1v) is 15.1. The van der Waals surface area contributed by atoms with Crippen molar-refractivity contribution in [3.05, 3.63) is 83.0 Å². The summed E-state index contributed by atoms with van der Waals surface area (Å²) >= 11 is 5.27. The summed E-state index contributed by atoms with van der Waals surface area (Å²) in [4.78, 5) is 2.31. The molecule has 0 amide bonds. The van der Waals surface area contributed by atoms with Gasteiger partial charge in [0.2, 0.25) is 10.0 Å². The third-order valence-electron chi connectivity index (χ3n) is 6.74. The van der Waals surface area contributed by atoms with Crippen molar-refractivity contribution in [1.82, 2.24) is 4.31 Å². The number of hydrogen-bond acceptors (Lipinski definition) is 6. The van der Waals surface area contributed by atoms with Gasteiger partial charge in [-0.25, -0.2) is 12.8 Å². The van der Waals surface area contributed by atoms with E-state index in [9.17, 15) is 35.3 Å². The van der Waals surface area contributed by atoms with Gasteiger partial charge in [0.05, 0.1) is 21.7 Å². The molecule has 4 rings (SSSR count). The van der Waals surface area contributed by atoms with E-state index in [1.807, 2.05) is 0 Å². The predicted octanol–water partition coefficient (Wildman–Crippen LogP) is 4.44. The molecule has 210 valence electrons. The second kappa shape index (κ2) is 11.2. The Bertz CT molecular complexity index is 1440. The molecule has 1 saturated heterocycles. The molecule has 0 spiro atoms. The van der Waals surface area contributed by atoms with Crippen molar-refractivity contribution in [2.24, 2.45) is 0 Å². The number of halogens is 4. The van der Waals surface area contributed by atoms with Gasteiger partial charge >= 0.3 is 6.18 Å². The Morgan fingerprint density at radius 3 is 2.44 bits per heavy atom. The Morgan fingerprint density at radius 1 is 1.13 bits per heavy atom. The summed E-state index contributed by atoms with van der Waals surface area (Å²) < 4.78 is 95.0. The fraction of sp³-hybridized carbons (Fsp3) is 0.346. The van der Waals surface area contributed by atoms with Gasteiger partial charge in [-0.2, -0.15) is 17.5 Å². The highest BCUT2D eigenvalue weighted by Crippen LogP contribution is 2.39. The Morgan fingerprint density at radius 2 is 1.82 bits per heavy atom. The van der Waals surface area contributed by atoms with Gasteiger partial charge in [0, 0.05) is 47.3 Å². The van der Waals surface area contributed by atoms with Gasteiger partial charge in [-0.15, -0.1) is 0 Å². The Hall–Kier alpha value is -2.45. The smallest absolute Gasteiger partial charge is 0.376 e. The molecule has 13 heteroatoms. The van der Waals surface area contributed by atoms with Gasteiger partial charge in [-0.3, -0.25) is 4.21 Å². The number of nitrogens with zero attached hydrogens (tertiary/aromatic N) is 2. The molecule has 1 aliphatic carbocycles. The molecule has 1 N–H and O–H groups in total. The van der Waals surface area contributed by atoms with Crippen molar-refractivity contribution in [2.45, 2.75) is 36.1 Å². The van der Waals surface area contributed by atoms with Gasteiger partial charge < -0.3 is 10.0 Å². The Kier molecular flexibility index (Phi) is 8.48. The van der Waals surface area contributed by atoms with Crippen LogP contribution in [0.1, 0.15) is 18.9 Å². The molecule has 39 heavy (non-hydrogen) atoms. The van der Waals surface area contributed by atoms with Crippen LogP contribution in [0.4, 0.5) is 23.2 Å². The standard InChI is InChI=1S/C26H26F4N2O4S3/c1-25(33,26(28,29)30)18-9-11-20(12-10-18)32-14-13-31(39(35,36)24-8-3-2-7-23(24)37)16-21(32)17-38(34)22-6-4-5-19(27)15-22/h2-6,8-12,15,21,33H,7,13-14,16-17H2,1H3/t21-,25-,38-/m1/s1. The lowest BCUT2D eigenvalue weighted by Crippen LogP contribution is -2.57. The number of thiocarbonyl (C=S) groups is 1. The van der Waals surface area contributed by atoms with E-state index in [4.69, 9.17) is 12.2 Å². The molecule has 6 nitrogen and oxygen atoms in total. The highest BCUT2D eigenvalue weighted by atomic mass is 32.2. The van der Waals surface area contributed by atoms with E-state index in [0.717, 1.165) is 18.2 Å². The summed E-state index contributed by atoms with van der Waals surface area (Å²) in [6.45, 7) is 0.789. The van der Waals surface area contributed by atoms with Gasteiger partial charge in [0.1, 0.15) is 5.82 Å². The van der Waals surface area contributed by atoms with Crippen molar-refractivity contribution < 1.29 is 35.3 Å². The number of aliphatic hydroxyl groups is 1. The van der Waals surface area contributed by atoms with E-state index in [1.165, 1.54) is 40.7 Å². The lowest BCUT2D eigenvalue weighted by atomic mass is 9.95. The summed E-state index contributed by atoms with van der Waals surface area (Å²) in [5.74, 6) is -0.635. The van der Waals surface area contributed by atoms with Crippen LogP contribution >= 0.6 is 12.2 Å². The van der Waals surface area contributed by atoms with Crippen LogP contribution < -0.4 is 4.90 Å². The highest BCUT2D eigenvalue weighted by Gasteiger charge is 2.51. The maximum Gasteiger partial charge on any atom is 0.421 e. The van der Waals surface area contributed by atoms with Crippen LogP contribution in [0.3, 0.4) is 0 Å². The first-order chi connectivity index (χ1) is 18.2. The number of anilines is 1. The third-order valence-corrected chi connectivity index (χ3v) is 10.7. The number of alkyl halides is 3. The van der Waals surface area contributed by atoms with Gasteiger partial charge in [0.25, 0.3) is 0 Å². The largest absolute Gasteiger partial charge is 0.421 e. The summed E-state index contributed by atoms with van der Waals surface area (Å²) in [5.41, 5.74) is -2.95. The lowest BCUT2D eigenvalue weighted by molar-refractivity contribution is -0.258. The molecule has 1 heterocycles. The first-order valence-electron chi connectivity index (χ1n) is 11.9. The minimum absolute atomic E-state index is 0.0252. The number of piperazine rings is 1. The van der Waals surface area contributed by atoms with Gasteiger partial charge in [-0.05, 0) is 48.9 Å². The molecule has 1 fully saturated rings. The molecule has 0 unspecified atom stereocenters. The van der Waals surface area contributed by atoms with E-state index in [1.54, 1.807) is 17.1 Å². The van der Waals surface area contributed by atoms with E-state index in [0.29, 0.717) is 19.0 Å². The number of allylic oxidation sites excluding steroid dienone is 4. The molecule has 0 bridgehead atoms. The number of sulfonamides is 1. The monoisotopic (exact) mass is 602 g/mol. The molecule has 0 saturated carbocycles. The highest BCUT2D eigenvalue weighted by molar-refractivity contribution is 7.96. The number of hydrogen-bond donors (Lipinski definition) is 1. The van der Waals surface area contributed by atoms with Gasteiger partial charge in [-0.1, -0.05) is 42.6 Å². The predicted molar refractivity (Wildman–Crippen MR) is 146 cm³/mol. The van der Waals surface area contributed by atoms with Crippen LogP contribution in [-0.2, 0) is 26.4 Å². The second-order valence-electron chi connectivity index (χ2n) is 9.38. The van der Waals surface area contributed by atoms with Crippen molar-refractivity contribution in [3.63, 3.8) is 0 Å². The second-order valence-corrected chi connectivity index (χ2v) is 13.3. The maximum atomic E-state index is 13.8. The molecule has 2 aromatic carbocycles. The van der Waals surface area contributed by atoms with Crippen LogP contribution in [0, 0.1) is 5.82 Å². The summed E-state index contributed by atoms with van der Waals surface area (Å²) in [7, 11) is -5.68. The molecular weight excluding hydrogens is 576 g/mol. The van der Waals surface area contributed by atoms with E-state index in [2.05, 4.69) is 0 Å². The topological polar surface area (TPSA) is 77.9 Å². The van der Waals surface area contributed by atoms with E-state index < -0.39 is 44.5 Å². The molecule has 0 aromatic heterocycles. The maximum absolute atomic E-state index is 13.8. The third kappa shape index (κ3) is 6.17. The summed E-state index contributed by atoms with van der Waals surface area (Å²) in [5, 5.41) is 10.0.